The molecular weight excluding hydrogens is 214 g/mol. The van der Waals surface area contributed by atoms with Gasteiger partial charge in [0.1, 0.15) is 0 Å². The summed E-state index contributed by atoms with van der Waals surface area (Å²) in [6.07, 6.45) is 0. The molecule has 0 aliphatic carbocycles. The Bertz CT molecular complexity index is 376. The molecule has 0 heterocycles. The Morgan fingerprint density at radius 3 is 2.18 bits per heavy atom. The van der Waals surface area contributed by atoms with Crippen LogP contribution in [0.4, 0.5) is 5.69 Å². The monoisotopic (exact) mass is 235 g/mol. The van der Waals surface area contributed by atoms with Crippen molar-refractivity contribution < 1.29 is 9.53 Å². The van der Waals surface area contributed by atoms with E-state index in [2.05, 4.69) is 25.7 Å². The van der Waals surface area contributed by atoms with Crippen molar-refractivity contribution in [3.05, 3.63) is 29.8 Å². The van der Waals surface area contributed by atoms with Crippen LogP contribution in [0.15, 0.2) is 24.3 Å². The van der Waals surface area contributed by atoms with Gasteiger partial charge in [0.2, 0.25) is 0 Å². The molecule has 94 valence electrons. The number of hydrogen-bond acceptors (Lipinski definition) is 3. The second-order valence-corrected chi connectivity index (χ2v) is 5.00. The molecule has 1 aromatic carbocycles. The number of nitrogens with zero attached hydrogens (tertiary/aromatic N) is 1. The average molecular weight is 235 g/mol. The lowest BCUT2D eigenvalue weighted by Crippen LogP contribution is -2.37. The first-order chi connectivity index (χ1) is 7.86. The molecule has 0 saturated carbocycles. The van der Waals surface area contributed by atoms with Gasteiger partial charge in [-0.25, -0.2) is 4.79 Å². The summed E-state index contributed by atoms with van der Waals surface area (Å²) < 4.78 is 4.94. The summed E-state index contributed by atoms with van der Waals surface area (Å²) in [7, 11) is 2.04. The van der Waals surface area contributed by atoms with Crippen LogP contribution in [0.1, 0.15) is 38.1 Å². The minimum Gasteiger partial charge on any atom is -0.462 e. The molecule has 0 radical (unpaired) electrons. The van der Waals surface area contributed by atoms with E-state index in [1.165, 1.54) is 0 Å². The number of hydrogen-bond donors (Lipinski definition) is 0. The van der Waals surface area contributed by atoms with Gasteiger partial charge in [0.25, 0.3) is 0 Å². The van der Waals surface area contributed by atoms with Gasteiger partial charge in [0.05, 0.1) is 12.2 Å². The zero-order valence-corrected chi connectivity index (χ0v) is 11.3. The van der Waals surface area contributed by atoms with E-state index >= 15 is 0 Å². The Morgan fingerprint density at radius 1 is 1.24 bits per heavy atom. The maximum absolute atomic E-state index is 11.5. The quantitative estimate of drug-likeness (QED) is 0.754. The molecule has 0 aliphatic rings. The molecule has 1 rings (SSSR count). The van der Waals surface area contributed by atoms with Crippen LogP contribution in [0.25, 0.3) is 0 Å². The van der Waals surface area contributed by atoms with Gasteiger partial charge in [0, 0.05) is 18.3 Å². The highest BCUT2D eigenvalue weighted by atomic mass is 16.5. The number of benzene rings is 1. The first-order valence-electron chi connectivity index (χ1n) is 5.87. The summed E-state index contributed by atoms with van der Waals surface area (Å²) in [5, 5.41) is 0. The molecule has 0 aliphatic heterocycles. The molecule has 0 atom stereocenters. The summed E-state index contributed by atoms with van der Waals surface area (Å²) in [6, 6.07) is 7.49. The van der Waals surface area contributed by atoms with Crippen molar-refractivity contribution in [2.45, 2.75) is 33.2 Å². The molecular formula is C14H21NO2. The smallest absolute Gasteiger partial charge is 0.338 e. The number of ether oxygens (including phenoxy) is 1. The Balaban J connectivity index is 2.85. The minimum atomic E-state index is -0.266. The standard InChI is InChI=1S/C14H21NO2/c1-6-17-13(16)11-7-9-12(10-8-11)15(5)14(2,3)4/h7-10H,6H2,1-5H3. The Morgan fingerprint density at radius 2 is 1.76 bits per heavy atom. The van der Waals surface area contributed by atoms with E-state index in [1.54, 1.807) is 19.1 Å². The Labute approximate surface area is 103 Å². The molecule has 17 heavy (non-hydrogen) atoms. The van der Waals surface area contributed by atoms with Gasteiger partial charge < -0.3 is 9.64 Å². The summed E-state index contributed by atoms with van der Waals surface area (Å²) in [4.78, 5) is 13.7. The molecule has 0 spiro atoms. The summed E-state index contributed by atoms with van der Waals surface area (Å²) >= 11 is 0. The summed E-state index contributed by atoms with van der Waals surface area (Å²) in [5.74, 6) is -0.266. The first kappa shape index (κ1) is 13.6. The topological polar surface area (TPSA) is 29.5 Å². The van der Waals surface area contributed by atoms with Crippen molar-refractivity contribution in [2.24, 2.45) is 0 Å². The van der Waals surface area contributed by atoms with Crippen LogP contribution >= 0.6 is 0 Å². The zero-order chi connectivity index (χ0) is 13.1. The van der Waals surface area contributed by atoms with Crippen LogP contribution in [0.5, 0.6) is 0 Å². The third kappa shape index (κ3) is 3.48. The molecule has 0 aromatic heterocycles. The van der Waals surface area contributed by atoms with Crippen LogP contribution in [0, 0.1) is 0 Å². The van der Waals surface area contributed by atoms with Gasteiger partial charge in [-0.2, -0.15) is 0 Å². The normalized spacial score (nSPS) is 11.1. The van der Waals surface area contributed by atoms with E-state index < -0.39 is 0 Å². The van der Waals surface area contributed by atoms with Gasteiger partial charge in [0.15, 0.2) is 0 Å². The van der Waals surface area contributed by atoms with Gasteiger partial charge in [-0.1, -0.05) is 0 Å². The van der Waals surface area contributed by atoms with Crippen molar-refractivity contribution in [1.82, 2.24) is 0 Å². The van der Waals surface area contributed by atoms with Crippen molar-refractivity contribution in [3.8, 4) is 0 Å². The second kappa shape index (κ2) is 5.21. The van der Waals surface area contributed by atoms with E-state index in [-0.39, 0.29) is 11.5 Å². The SMILES string of the molecule is CCOC(=O)c1ccc(N(C)C(C)(C)C)cc1. The van der Waals surface area contributed by atoms with Gasteiger partial charge in [-0.05, 0) is 52.0 Å². The molecule has 0 bridgehead atoms. The van der Waals surface area contributed by atoms with Crippen LogP contribution in [-0.4, -0.2) is 25.2 Å². The van der Waals surface area contributed by atoms with E-state index in [1.807, 2.05) is 19.2 Å². The van der Waals surface area contributed by atoms with Crippen molar-refractivity contribution in [3.63, 3.8) is 0 Å². The summed E-state index contributed by atoms with van der Waals surface area (Å²) in [5.41, 5.74) is 1.74. The van der Waals surface area contributed by atoms with E-state index in [0.717, 1.165) is 5.69 Å². The summed E-state index contributed by atoms with van der Waals surface area (Å²) in [6.45, 7) is 8.65. The molecule has 0 saturated heterocycles. The molecule has 1 aromatic rings. The molecule has 3 heteroatoms. The highest BCUT2D eigenvalue weighted by Gasteiger charge is 2.17. The second-order valence-electron chi connectivity index (χ2n) is 5.00. The van der Waals surface area contributed by atoms with Gasteiger partial charge >= 0.3 is 5.97 Å². The molecule has 0 unspecified atom stereocenters. The number of rotatable bonds is 3. The fraction of sp³-hybridized carbons (Fsp3) is 0.500. The molecule has 0 fully saturated rings. The van der Waals surface area contributed by atoms with Crippen LogP contribution < -0.4 is 4.90 Å². The number of carbonyl (C=O) groups excluding carboxylic acids is 1. The van der Waals surface area contributed by atoms with E-state index in [4.69, 9.17) is 4.74 Å². The fourth-order valence-corrected chi connectivity index (χ4v) is 1.42. The predicted octanol–water partition coefficient (Wildman–Crippen LogP) is 3.10. The maximum Gasteiger partial charge on any atom is 0.338 e. The molecule has 0 N–H and O–H groups in total. The highest BCUT2D eigenvalue weighted by molar-refractivity contribution is 5.89. The number of carbonyl (C=O) groups is 1. The van der Waals surface area contributed by atoms with E-state index in [9.17, 15) is 4.79 Å². The van der Waals surface area contributed by atoms with Crippen LogP contribution in [0.2, 0.25) is 0 Å². The molecule has 3 nitrogen and oxygen atoms in total. The third-order valence-electron chi connectivity index (χ3n) is 2.77. The average Bonchev–Trinajstić information content (AvgIpc) is 2.27. The lowest BCUT2D eigenvalue weighted by molar-refractivity contribution is 0.0526. The highest BCUT2D eigenvalue weighted by Crippen LogP contribution is 2.22. The maximum atomic E-state index is 11.5. The van der Waals surface area contributed by atoms with Crippen molar-refractivity contribution in [1.29, 1.82) is 0 Å². The van der Waals surface area contributed by atoms with Gasteiger partial charge in [-0.15, -0.1) is 0 Å². The van der Waals surface area contributed by atoms with E-state index in [0.29, 0.717) is 12.2 Å². The molecule has 0 amide bonds. The van der Waals surface area contributed by atoms with Crippen molar-refractivity contribution in [2.75, 3.05) is 18.6 Å². The lowest BCUT2D eigenvalue weighted by atomic mass is 10.1. The predicted molar refractivity (Wildman–Crippen MR) is 70.6 cm³/mol. The zero-order valence-electron chi connectivity index (χ0n) is 11.3. The first-order valence-corrected chi connectivity index (χ1v) is 5.87. The Kier molecular flexibility index (Phi) is 4.16. The third-order valence-corrected chi connectivity index (χ3v) is 2.77. The van der Waals surface area contributed by atoms with Gasteiger partial charge in [-0.3, -0.25) is 0 Å². The lowest BCUT2D eigenvalue weighted by Gasteiger charge is -2.34. The van der Waals surface area contributed by atoms with Crippen LogP contribution in [-0.2, 0) is 4.74 Å². The number of esters is 1. The minimum absolute atomic E-state index is 0.0610. The Hall–Kier alpha value is -1.51. The number of anilines is 1. The largest absolute Gasteiger partial charge is 0.462 e. The fourth-order valence-electron chi connectivity index (χ4n) is 1.42. The van der Waals surface area contributed by atoms with Crippen molar-refractivity contribution >= 4 is 11.7 Å². The van der Waals surface area contributed by atoms with Crippen LogP contribution in [0.3, 0.4) is 0 Å².